The summed E-state index contributed by atoms with van der Waals surface area (Å²) < 4.78 is 6.81. The molecule has 7 heteroatoms. The van der Waals surface area contributed by atoms with Crippen molar-refractivity contribution in [1.82, 2.24) is 9.55 Å². The molecule has 0 aliphatic carbocycles. The lowest BCUT2D eigenvalue weighted by molar-refractivity contribution is 0.0812. The lowest BCUT2D eigenvalue weighted by Gasteiger charge is -2.19. The van der Waals surface area contributed by atoms with Gasteiger partial charge in [-0.05, 0) is 68.1 Å². The van der Waals surface area contributed by atoms with E-state index < -0.39 is 23.3 Å². The van der Waals surface area contributed by atoms with Gasteiger partial charge in [0.15, 0.2) is 6.10 Å². The van der Waals surface area contributed by atoms with Crippen molar-refractivity contribution in [3.05, 3.63) is 86.5 Å². The lowest BCUT2D eigenvalue weighted by atomic mass is 9.99. The Morgan fingerprint density at radius 2 is 2.00 bits per heavy atom. The summed E-state index contributed by atoms with van der Waals surface area (Å²) in [6, 6.07) is 10.8. The minimum atomic E-state index is -0.942. The number of nitrogens with zero attached hydrogens (tertiary/aromatic N) is 3. The molecule has 0 amide bonds. The van der Waals surface area contributed by atoms with Gasteiger partial charge in [-0.2, -0.15) is 5.26 Å². The second-order valence-electron chi connectivity index (χ2n) is 7.43. The van der Waals surface area contributed by atoms with E-state index in [9.17, 15) is 20.0 Å². The van der Waals surface area contributed by atoms with Crippen LogP contribution in [0.25, 0.3) is 0 Å². The average Bonchev–Trinajstić information content (AvgIpc) is 2.75. The van der Waals surface area contributed by atoms with E-state index >= 15 is 0 Å². The first-order valence-corrected chi connectivity index (χ1v) is 9.78. The third-order valence-corrected chi connectivity index (χ3v) is 5.27. The third-order valence-electron chi connectivity index (χ3n) is 5.27. The van der Waals surface area contributed by atoms with Gasteiger partial charge in [0.05, 0.1) is 12.1 Å². The van der Waals surface area contributed by atoms with Gasteiger partial charge < -0.3 is 9.84 Å². The van der Waals surface area contributed by atoms with Crippen molar-refractivity contribution in [1.29, 1.82) is 5.26 Å². The number of rotatable bonds is 6. The summed E-state index contributed by atoms with van der Waals surface area (Å²) in [5.41, 5.74) is 1.94. The number of hydrogen-bond acceptors (Lipinski definition) is 6. The summed E-state index contributed by atoms with van der Waals surface area (Å²) in [7, 11) is 0. The van der Waals surface area contributed by atoms with E-state index in [4.69, 9.17) is 4.74 Å². The molecular weight excluding hydrogens is 394 g/mol. The van der Waals surface area contributed by atoms with E-state index in [-0.39, 0.29) is 23.2 Å². The third kappa shape index (κ3) is 4.33. The molecule has 3 aromatic rings. The number of hydrogen-bond donors (Lipinski definition) is 1. The molecule has 0 bridgehead atoms. The zero-order valence-corrected chi connectivity index (χ0v) is 17.8. The molecule has 1 unspecified atom stereocenters. The number of aromatic nitrogens is 2. The van der Waals surface area contributed by atoms with Crippen molar-refractivity contribution in [2.75, 3.05) is 0 Å². The maximum atomic E-state index is 13.2. The minimum absolute atomic E-state index is 0.0276. The Bertz CT molecular complexity index is 1240. The molecule has 0 saturated carbocycles. The van der Waals surface area contributed by atoms with E-state index in [1.54, 1.807) is 37.5 Å². The first kappa shape index (κ1) is 21.8. The Morgan fingerprint density at radius 3 is 2.61 bits per heavy atom. The monoisotopic (exact) mass is 417 g/mol. The van der Waals surface area contributed by atoms with Crippen molar-refractivity contribution >= 4 is 5.78 Å². The molecule has 1 atom stereocenters. The molecule has 0 radical (unpaired) electrons. The van der Waals surface area contributed by atoms with Gasteiger partial charge in [0.25, 0.3) is 5.56 Å². The van der Waals surface area contributed by atoms with Crippen molar-refractivity contribution in [2.45, 2.75) is 40.3 Å². The summed E-state index contributed by atoms with van der Waals surface area (Å²) in [4.78, 5) is 30.0. The zero-order valence-electron chi connectivity index (χ0n) is 17.8. The fraction of sp³-hybridized carbons (Fsp3) is 0.250. The van der Waals surface area contributed by atoms with Crippen LogP contribution >= 0.6 is 0 Å². The van der Waals surface area contributed by atoms with Gasteiger partial charge in [0, 0.05) is 12.4 Å². The smallest absolute Gasteiger partial charge is 0.271 e. The molecule has 0 aliphatic rings. The maximum absolute atomic E-state index is 13.2. The van der Waals surface area contributed by atoms with Gasteiger partial charge in [-0.15, -0.1) is 0 Å². The van der Waals surface area contributed by atoms with Crippen LogP contribution in [0.1, 0.15) is 45.1 Å². The number of carbonyl (C=O) groups excluding carboxylic acids is 1. The van der Waals surface area contributed by atoms with Crippen LogP contribution in [-0.2, 0) is 6.54 Å². The number of Topliss-reactive ketones (excluding diaryl/α,β-unsaturated/α-hetero) is 1. The Balaban J connectivity index is 2.03. The molecular formula is C24H23N3O4. The SMILES string of the molecule is Cc1ccc(OC(C)C(=O)c2c(C)c(C#N)c(=O)n(Cc3cccnc3)c2O)cc1C. The molecule has 3 rings (SSSR count). The lowest BCUT2D eigenvalue weighted by Crippen LogP contribution is -2.31. The van der Waals surface area contributed by atoms with Crippen LogP contribution in [0.3, 0.4) is 0 Å². The fourth-order valence-corrected chi connectivity index (χ4v) is 3.31. The van der Waals surface area contributed by atoms with Crippen molar-refractivity contribution in [3.8, 4) is 17.7 Å². The van der Waals surface area contributed by atoms with Crippen molar-refractivity contribution < 1.29 is 14.6 Å². The zero-order chi connectivity index (χ0) is 22.7. The molecule has 0 aliphatic heterocycles. The minimum Gasteiger partial charge on any atom is -0.494 e. The van der Waals surface area contributed by atoms with Crippen LogP contribution in [0.4, 0.5) is 0 Å². The van der Waals surface area contributed by atoms with Crippen LogP contribution in [0.15, 0.2) is 47.5 Å². The first-order chi connectivity index (χ1) is 14.7. The fourth-order valence-electron chi connectivity index (χ4n) is 3.31. The molecule has 2 aromatic heterocycles. The number of aromatic hydroxyl groups is 1. The Morgan fingerprint density at radius 1 is 1.26 bits per heavy atom. The average molecular weight is 417 g/mol. The standard InChI is InChI=1S/C24H23N3O4/c1-14-7-8-19(10-15(14)2)31-17(4)22(28)21-16(3)20(11-25)23(29)27(24(21)30)13-18-6-5-9-26-12-18/h5-10,12,17,30H,13H2,1-4H3. The van der Waals surface area contributed by atoms with Gasteiger partial charge in [0.1, 0.15) is 17.4 Å². The van der Waals surface area contributed by atoms with Crippen LogP contribution in [-0.4, -0.2) is 26.5 Å². The van der Waals surface area contributed by atoms with Gasteiger partial charge in [-0.3, -0.25) is 19.1 Å². The highest BCUT2D eigenvalue weighted by Gasteiger charge is 2.28. The number of pyridine rings is 2. The van der Waals surface area contributed by atoms with Crippen LogP contribution in [0.2, 0.25) is 0 Å². The topological polar surface area (TPSA) is 105 Å². The summed E-state index contributed by atoms with van der Waals surface area (Å²) >= 11 is 0. The predicted octanol–water partition coefficient (Wildman–Crippen LogP) is 3.44. The van der Waals surface area contributed by atoms with Crippen LogP contribution in [0, 0.1) is 32.1 Å². The Labute approximate surface area is 180 Å². The molecule has 0 saturated heterocycles. The molecule has 2 heterocycles. The van der Waals surface area contributed by atoms with E-state index in [1.165, 1.54) is 6.92 Å². The summed E-state index contributed by atoms with van der Waals surface area (Å²) in [6.45, 7) is 6.94. The summed E-state index contributed by atoms with van der Waals surface area (Å²) in [5, 5.41) is 20.4. The summed E-state index contributed by atoms with van der Waals surface area (Å²) in [5.74, 6) is -0.499. The largest absolute Gasteiger partial charge is 0.494 e. The van der Waals surface area contributed by atoms with Gasteiger partial charge in [0.2, 0.25) is 11.7 Å². The van der Waals surface area contributed by atoms with Crippen LogP contribution < -0.4 is 10.3 Å². The second-order valence-corrected chi connectivity index (χ2v) is 7.43. The predicted molar refractivity (Wildman–Crippen MR) is 115 cm³/mol. The van der Waals surface area contributed by atoms with E-state index in [2.05, 4.69) is 4.98 Å². The molecule has 0 fully saturated rings. The highest BCUT2D eigenvalue weighted by Crippen LogP contribution is 2.26. The number of ether oxygens (including phenoxy) is 1. The molecule has 31 heavy (non-hydrogen) atoms. The van der Waals surface area contributed by atoms with Crippen molar-refractivity contribution in [3.63, 3.8) is 0 Å². The maximum Gasteiger partial charge on any atom is 0.271 e. The van der Waals surface area contributed by atoms with Gasteiger partial charge in [-0.1, -0.05) is 12.1 Å². The normalized spacial score (nSPS) is 11.6. The number of aryl methyl sites for hydroxylation is 2. The Kier molecular flexibility index (Phi) is 6.21. The summed E-state index contributed by atoms with van der Waals surface area (Å²) in [6.07, 6.45) is 2.19. The second kappa shape index (κ2) is 8.84. The number of ketones is 1. The Hall–Kier alpha value is -3.92. The number of nitriles is 1. The molecule has 1 aromatic carbocycles. The molecule has 1 N–H and O–H groups in total. The highest BCUT2D eigenvalue weighted by molar-refractivity contribution is 6.03. The van der Waals surface area contributed by atoms with Gasteiger partial charge >= 0.3 is 0 Å². The van der Waals surface area contributed by atoms with Crippen molar-refractivity contribution in [2.24, 2.45) is 0 Å². The highest BCUT2D eigenvalue weighted by atomic mass is 16.5. The van der Waals surface area contributed by atoms with E-state index in [1.807, 2.05) is 32.0 Å². The van der Waals surface area contributed by atoms with Crippen LogP contribution in [0.5, 0.6) is 11.6 Å². The quantitative estimate of drug-likeness (QED) is 0.616. The number of benzene rings is 1. The molecule has 0 spiro atoms. The van der Waals surface area contributed by atoms with E-state index in [0.717, 1.165) is 15.7 Å². The first-order valence-electron chi connectivity index (χ1n) is 9.78. The number of carbonyl (C=O) groups is 1. The molecule has 158 valence electrons. The van der Waals surface area contributed by atoms with E-state index in [0.29, 0.717) is 11.3 Å². The molecule has 7 nitrogen and oxygen atoms in total. The van der Waals surface area contributed by atoms with Gasteiger partial charge in [-0.25, -0.2) is 0 Å².